The quantitative estimate of drug-likeness (QED) is 0.809. The van der Waals surface area contributed by atoms with Gasteiger partial charge >= 0.3 is 6.03 Å². The summed E-state index contributed by atoms with van der Waals surface area (Å²) in [6.07, 6.45) is -0.598. The van der Waals surface area contributed by atoms with Crippen LogP contribution in [0.25, 0.3) is 11.3 Å². The number of hydrogen-bond acceptors (Lipinski definition) is 4. The Morgan fingerprint density at radius 1 is 1.32 bits per heavy atom. The van der Waals surface area contributed by atoms with Gasteiger partial charge in [0.25, 0.3) is 0 Å². The minimum absolute atomic E-state index is 0.208. The maximum atomic E-state index is 11.8. The van der Waals surface area contributed by atoms with E-state index in [1.54, 1.807) is 0 Å². The zero-order valence-electron chi connectivity index (χ0n) is 13.0. The van der Waals surface area contributed by atoms with Crippen molar-refractivity contribution in [1.82, 2.24) is 9.69 Å². The first-order valence-corrected chi connectivity index (χ1v) is 7.88. The van der Waals surface area contributed by atoms with Crippen LogP contribution in [0.1, 0.15) is 20.8 Å². The number of nitrogens with zero attached hydrogens (tertiary/aromatic N) is 1. The van der Waals surface area contributed by atoms with Crippen molar-refractivity contribution in [1.29, 1.82) is 0 Å². The average molecular weight is 319 g/mol. The minimum Gasteiger partial charge on any atom is -0.391 e. The number of rotatable bonds is 4. The van der Waals surface area contributed by atoms with Crippen LogP contribution in [-0.2, 0) is 0 Å². The van der Waals surface area contributed by atoms with Crippen molar-refractivity contribution in [2.45, 2.75) is 26.9 Å². The highest BCUT2D eigenvalue weighted by Gasteiger charge is 2.22. The monoisotopic (exact) mass is 319 g/mol. The fourth-order valence-corrected chi connectivity index (χ4v) is 2.39. The fraction of sp³-hybridized carbons (Fsp3) is 0.375. The Labute approximate surface area is 134 Å². The summed E-state index contributed by atoms with van der Waals surface area (Å²) in [5.74, 6) is 0. The summed E-state index contributed by atoms with van der Waals surface area (Å²) in [5.41, 5.74) is 1.57. The number of aliphatic hydroxyl groups excluding tert-OH is 1. The lowest BCUT2D eigenvalue weighted by Crippen LogP contribution is -2.40. The van der Waals surface area contributed by atoms with Gasteiger partial charge in [-0.25, -0.2) is 4.79 Å². The topological polar surface area (TPSA) is 74.2 Å². The van der Waals surface area contributed by atoms with Crippen molar-refractivity contribution in [2.24, 2.45) is 5.41 Å². The van der Waals surface area contributed by atoms with Gasteiger partial charge < -0.3 is 10.4 Å². The van der Waals surface area contributed by atoms with Gasteiger partial charge in [0, 0.05) is 18.2 Å². The number of benzene rings is 1. The van der Waals surface area contributed by atoms with Gasteiger partial charge in [0.2, 0.25) is 0 Å². The second-order valence-electron chi connectivity index (χ2n) is 6.16. The zero-order valence-corrected chi connectivity index (χ0v) is 13.8. The van der Waals surface area contributed by atoms with Gasteiger partial charge in [0.1, 0.15) is 5.00 Å². The number of aliphatic hydroxyl groups is 1. The Balaban J connectivity index is 1.89. The molecule has 22 heavy (non-hydrogen) atoms. The maximum absolute atomic E-state index is 11.8. The fourth-order valence-electron chi connectivity index (χ4n) is 1.73. The molecule has 1 heterocycles. The molecule has 0 fully saturated rings. The van der Waals surface area contributed by atoms with Crippen LogP contribution in [0, 0.1) is 5.41 Å². The van der Waals surface area contributed by atoms with Crippen LogP contribution in [-0.4, -0.2) is 28.2 Å². The largest absolute Gasteiger partial charge is 0.391 e. The number of amides is 2. The number of urea groups is 1. The van der Waals surface area contributed by atoms with Gasteiger partial charge in [-0.3, -0.25) is 5.32 Å². The smallest absolute Gasteiger partial charge is 0.319 e. The summed E-state index contributed by atoms with van der Waals surface area (Å²) in [6, 6.07) is 11.3. The van der Waals surface area contributed by atoms with Crippen LogP contribution in [0.3, 0.4) is 0 Å². The number of hydrogen-bond donors (Lipinski definition) is 3. The third-order valence-corrected chi connectivity index (χ3v) is 3.98. The lowest BCUT2D eigenvalue weighted by molar-refractivity contribution is 0.0654. The third kappa shape index (κ3) is 4.54. The van der Waals surface area contributed by atoms with E-state index >= 15 is 0 Å². The summed E-state index contributed by atoms with van der Waals surface area (Å²) in [4.78, 5) is 11.8. The van der Waals surface area contributed by atoms with Crippen molar-refractivity contribution in [2.75, 3.05) is 11.9 Å². The van der Waals surface area contributed by atoms with Gasteiger partial charge in [-0.15, -0.1) is 0 Å². The molecule has 2 amide bonds. The highest BCUT2D eigenvalue weighted by Crippen LogP contribution is 2.25. The van der Waals surface area contributed by atoms with Crippen LogP contribution in [0.4, 0.5) is 9.80 Å². The van der Waals surface area contributed by atoms with E-state index in [2.05, 4.69) is 15.0 Å². The Kier molecular flexibility index (Phi) is 5.15. The molecule has 6 heteroatoms. The molecule has 0 saturated carbocycles. The molecule has 0 radical (unpaired) electrons. The lowest BCUT2D eigenvalue weighted by Gasteiger charge is -2.25. The molecule has 0 bridgehead atoms. The van der Waals surface area contributed by atoms with E-state index in [4.69, 9.17) is 0 Å². The second kappa shape index (κ2) is 6.89. The van der Waals surface area contributed by atoms with E-state index in [1.165, 1.54) is 11.5 Å². The first kappa shape index (κ1) is 16.5. The molecular formula is C16H21N3O2S. The molecule has 0 spiro atoms. The predicted octanol–water partition coefficient (Wildman–Crippen LogP) is 3.34. The SMILES string of the molecule is CC(C)(C)C(O)CNC(=O)Nc1cc(-c2ccccc2)ns1. The molecule has 2 rings (SSSR count). The van der Waals surface area contributed by atoms with Crippen LogP contribution in [0.15, 0.2) is 36.4 Å². The normalized spacial score (nSPS) is 12.7. The van der Waals surface area contributed by atoms with E-state index in [0.29, 0.717) is 5.00 Å². The van der Waals surface area contributed by atoms with Crippen molar-refractivity contribution < 1.29 is 9.90 Å². The molecule has 0 aliphatic carbocycles. The van der Waals surface area contributed by atoms with Crippen LogP contribution in [0.2, 0.25) is 0 Å². The number of aromatic nitrogens is 1. The Morgan fingerprint density at radius 2 is 2.00 bits per heavy atom. The molecule has 1 atom stereocenters. The molecule has 2 aromatic rings. The first-order valence-electron chi connectivity index (χ1n) is 7.11. The molecular weight excluding hydrogens is 298 g/mol. The summed E-state index contributed by atoms with van der Waals surface area (Å²) in [5, 5.41) is 16.0. The van der Waals surface area contributed by atoms with E-state index in [9.17, 15) is 9.90 Å². The van der Waals surface area contributed by atoms with Crippen molar-refractivity contribution >= 4 is 22.6 Å². The van der Waals surface area contributed by atoms with E-state index in [-0.39, 0.29) is 18.0 Å². The summed E-state index contributed by atoms with van der Waals surface area (Å²) >= 11 is 1.23. The van der Waals surface area contributed by atoms with Crippen LogP contribution in [0.5, 0.6) is 0 Å². The molecule has 1 aromatic carbocycles. The maximum Gasteiger partial charge on any atom is 0.319 e. The van der Waals surface area contributed by atoms with Crippen LogP contribution < -0.4 is 10.6 Å². The Hall–Kier alpha value is -1.92. The molecule has 118 valence electrons. The predicted molar refractivity (Wildman–Crippen MR) is 90.0 cm³/mol. The number of carbonyl (C=O) groups excluding carboxylic acids is 1. The molecule has 5 nitrogen and oxygen atoms in total. The molecule has 0 aliphatic heterocycles. The first-order chi connectivity index (χ1) is 10.4. The van der Waals surface area contributed by atoms with Crippen molar-refractivity contribution in [3.05, 3.63) is 36.4 Å². The average Bonchev–Trinajstić information content (AvgIpc) is 2.93. The zero-order chi connectivity index (χ0) is 16.2. The van der Waals surface area contributed by atoms with Gasteiger partial charge in [-0.05, 0) is 16.9 Å². The second-order valence-corrected chi connectivity index (χ2v) is 6.96. The standard InChI is InChI=1S/C16H21N3O2S/c1-16(2,3)13(20)10-17-15(21)18-14-9-12(19-22-14)11-7-5-4-6-8-11/h4-9,13,20H,10H2,1-3H3,(H2,17,18,21). The van der Waals surface area contributed by atoms with E-state index in [1.807, 2.05) is 57.2 Å². The molecule has 1 unspecified atom stereocenters. The van der Waals surface area contributed by atoms with Crippen LogP contribution >= 0.6 is 11.5 Å². The highest BCUT2D eigenvalue weighted by atomic mass is 32.1. The molecule has 3 N–H and O–H groups in total. The van der Waals surface area contributed by atoms with Gasteiger partial charge in [-0.1, -0.05) is 51.1 Å². The molecule has 0 aliphatic rings. The summed E-state index contributed by atoms with van der Waals surface area (Å²) < 4.78 is 4.32. The van der Waals surface area contributed by atoms with E-state index in [0.717, 1.165) is 11.3 Å². The third-order valence-electron chi connectivity index (χ3n) is 3.27. The number of nitrogens with one attached hydrogen (secondary N) is 2. The Morgan fingerprint density at radius 3 is 2.64 bits per heavy atom. The van der Waals surface area contributed by atoms with Gasteiger partial charge in [-0.2, -0.15) is 4.37 Å². The lowest BCUT2D eigenvalue weighted by atomic mass is 9.89. The highest BCUT2D eigenvalue weighted by molar-refractivity contribution is 7.10. The molecule has 0 saturated heterocycles. The Bertz CT molecular complexity index is 620. The van der Waals surface area contributed by atoms with Gasteiger partial charge in [0.05, 0.1) is 11.8 Å². The number of carbonyl (C=O) groups is 1. The van der Waals surface area contributed by atoms with Crippen molar-refractivity contribution in [3.63, 3.8) is 0 Å². The van der Waals surface area contributed by atoms with Crippen molar-refractivity contribution in [3.8, 4) is 11.3 Å². The summed E-state index contributed by atoms with van der Waals surface area (Å²) in [6.45, 7) is 5.98. The van der Waals surface area contributed by atoms with E-state index < -0.39 is 6.10 Å². The van der Waals surface area contributed by atoms with Gasteiger partial charge in [0.15, 0.2) is 0 Å². The number of anilines is 1. The molecule has 1 aromatic heterocycles. The summed E-state index contributed by atoms with van der Waals surface area (Å²) in [7, 11) is 0. The minimum atomic E-state index is -0.598.